The molecule has 0 amide bonds. The molecule has 0 aliphatic heterocycles. The van der Waals surface area contributed by atoms with Crippen LogP contribution < -0.4 is 0 Å². The Morgan fingerprint density at radius 2 is 2.00 bits per heavy atom. The van der Waals surface area contributed by atoms with E-state index >= 15 is 0 Å². The molecule has 4 nitrogen and oxygen atoms in total. The van der Waals surface area contributed by atoms with Gasteiger partial charge in [0.15, 0.2) is 4.77 Å². The van der Waals surface area contributed by atoms with Gasteiger partial charge in [0.25, 0.3) is 0 Å². The molecule has 2 rings (SSSR count). The number of aliphatic hydroxyl groups excluding tert-OH is 2. The van der Waals surface area contributed by atoms with Gasteiger partial charge in [-0.1, -0.05) is 6.07 Å². The highest BCUT2D eigenvalue weighted by atomic mass is 32.1. The lowest BCUT2D eigenvalue weighted by atomic mass is 10.1. The summed E-state index contributed by atoms with van der Waals surface area (Å²) in [5.41, 5.74) is 2.40. The number of aliphatic hydroxyl groups is 2. The molecule has 2 aromatic rings. The molecule has 1 unspecified atom stereocenters. The average Bonchev–Trinajstić information content (AvgIpc) is 2.55. The van der Waals surface area contributed by atoms with Gasteiger partial charge in [0.2, 0.25) is 0 Å². The number of hydrogen-bond donors (Lipinski definition) is 4. The average molecular weight is 210 g/mol. The van der Waals surface area contributed by atoms with E-state index in [-0.39, 0.29) is 6.61 Å². The van der Waals surface area contributed by atoms with E-state index < -0.39 is 6.10 Å². The van der Waals surface area contributed by atoms with Gasteiger partial charge in [-0.25, -0.2) is 0 Å². The monoisotopic (exact) mass is 210 g/mol. The Kier molecular flexibility index (Phi) is 2.37. The minimum atomic E-state index is -0.837. The molecule has 0 radical (unpaired) electrons. The highest BCUT2D eigenvalue weighted by Crippen LogP contribution is 2.17. The van der Waals surface area contributed by atoms with Crippen molar-refractivity contribution in [3.8, 4) is 0 Å². The topological polar surface area (TPSA) is 72.0 Å². The maximum Gasteiger partial charge on any atom is 0.175 e. The van der Waals surface area contributed by atoms with E-state index in [2.05, 4.69) is 9.97 Å². The molecule has 4 N–H and O–H groups in total. The van der Waals surface area contributed by atoms with Gasteiger partial charge in [-0.05, 0) is 29.9 Å². The largest absolute Gasteiger partial charge is 0.393 e. The van der Waals surface area contributed by atoms with Crippen LogP contribution in [0.15, 0.2) is 18.2 Å². The van der Waals surface area contributed by atoms with Crippen LogP contribution in [-0.4, -0.2) is 26.8 Å². The lowest BCUT2D eigenvalue weighted by Crippen LogP contribution is -2.01. The summed E-state index contributed by atoms with van der Waals surface area (Å²) in [6, 6.07) is 5.33. The van der Waals surface area contributed by atoms with Crippen LogP contribution in [0, 0.1) is 4.77 Å². The molecule has 0 saturated carbocycles. The zero-order valence-electron chi connectivity index (χ0n) is 7.32. The Labute approximate surface area is 85.2 Å². The smallest absolute Gasteiger partial charge is 0.175 e. The summed E-state index contributed by atoms with van der Waals surface area (Å²) >= 11 is 4.93. The first-order valence-electron chi connectivity index (χ1n) is 4.21. The van der Waals surface area contributed by atoms with Crippen LogP contribution >= 0.6 is 12.2 Å². The second-order valence-electron chi connectivity index (χ2n) is 3.08. The predicted molar refractivity (Wildman–Crippen MR) is 55.5 cm³/mol. The van der Waals surface area contributed by atoms with Crippen molar-refractivity contribution in [3.63, 3.8) is 0 Å². The summed E-state index contributed by atoms with van der Waals surface area (Å²) in [4.78, 5) is 5.90. The number of H-pyrrole nitrogens is 2. The molecular formula is C9H10N2O2S. The fraction of sp³-hybridized carbons (Fsp3) is 0.222. The maximum atomic E-state index is 9.40. The Hall–Kier alpha value is -1.17. The van der Waals surface area contributed by atoms with E-state index in [1.54, 1.807) is 12.1 Å². The summed E-state index contributed by atoms with van der Waals surface area (Å²) in [5.74, 6) is 0. The van der Waals surface area contributed by atoms with Crippen molar-refractivity contribution in [1.29, 1.82) is 0 Å². The van der Waals surface area contributed by atoms with Gasteiger partial charge in [-0.15, -0.1) is 0 Å². The Balaban J connectivity index is 2.55. The first-order chi connectivity index (χ1) is 6.70. The molecule has 0 aliphatic carbocycles. The molecule has 14 heavy (non-hydrogen) atoms. The molecule has 0 spiro atoms. The van der Waals surface area contributed by atoms with Gasteiger partial charge < -0.3 is 20.2 Å². The lowest BCUT2D eigenvalue weighted by Gasteiger charge is -2.06. The number of rotatable bonds is 2. The van der Waals surface area contributed by atoms with Crippen LogP contribution in [-0.2, 0) is 0 Å². The van der Waals surface area contributed by atoms with E-state index in [1.165, 1.54) is 0 Å². The summed E-state index contributed by atoms with van der Waals surface area (Å²) in [7, 11) is 0. The third-order valence-corrected chi connectivity index (χ3v) is 2.30. The molecule has 0 saturated heterocycles. The first kappa shape index (κ1) is 9.39. The van der Waals surface area contributed by atoms with E-state index in [4.69, 9.17) is 17.3 Å². The molecule has 1 aromatic heterocycles. The fourth-order valence-corrected chi connectivity index (χ4v) is 1.58. The molecule has 5 heteroatoms. The van der Waals surface area contributed by atoms with E-state index in [0.717, 1.165) is 11.0 Å². The Morgan fingerprint density at radius 1 is 1.29 bits per heavy atom. The van der Waals surface area contributed by atoms with E-state index in [9.17, 15) is 5.11 Å². The van der Waals surface area contributed by atoms with Crippen LogP contribution in [0.5, 0.6) is 0 Å². The number of aromatic amines is 2. The Bertz CT molecular complexity index is 503. The zero-order valence-corrected chi connectivity index (χ0v) is 8.14. The zero-order chi connectivity index (χ0) is 10.1. The van der Waals surface area contributed by atoms with Crippen LogP contribution in [0.2, 0.25) is 0 Å². The summed E-state index contributed by atoms with van der Waals surface area (Å²) in [6.45, 7) is -0.281. The molecule has 0 fully saturated rings. The van der Waals surface area contributed by atoms with Crippen molar-refractivity contribution in [2.45, 2.75) is 6.10 Å². The third kappa shape index (κ3) is 1.57. The lowest BCUT2D eigenvalue weighted by molar-refractivity contribution is 0.0957. The quantitative estimate of drug-likeness (QED) is 0.564. The molecule has 1 atom stereocenters. The summed E-state index contributed by atoms with van der Waals surface area (Å²) in [5, 5.41) is 18.2. The molecule has 1 aromatic carbocycles. The summed E-state index contributed by atoms with van der Waals surface area (Å²) in [6.07, 6.45) is -0.837. The van der Waals surface area contributed by atoms with Crippen molar-refractivity contribution in [2.75, 3.05) is 6.61 Å². The van der Waals surface area contributed by atoms with Crippen molar-refractivity contribution in [2.24, 2.45) is 0 Å². The number of hydrogen-bond acceptors (Lipinski definition) is 3. The van der Waals surface area contributed by atoms with Gasteiger partial charge in [0.05, 0.1) is 17.6 Å². The van der Waals surface area contributed by atoms with Crippen molar-refractivity contribution in [3.05, 3.63) is 28.5 Å². The van der Waals surface area contributed by atoms with E-state index in [0.29, 0.717) is 10.3 Å². The van der Waals surface area contributed by atoms with Gasteiger partial charge in [-0.3, -0.25) is 0 Å². The highest BCUT2D eigenvalue weighted by Gasteiger charge is 2.06. The highest BCUT2D eigenvalue weighted by molar-refractivity contribution is 7.71. The fourth-order valence-electron chi connectivity index (χ4n) is 1.36. The van der Waals surface area contributed by atoms with Crippen molar-refractivity contribution in [1.82, 2.24) is 9.97 Å². The van der Waals surface area contributed by atoms with Crippen LogP contribution in [0.25, 0.3) is 11.0 Å². The third-order valence-electron chi connectivity index (χ3n) is 2.10. The second-order valence-corrected chi connectivity index (χ2v) is 3.49. The predicted octanol–water partition coefficient (Wildman–Crippen LogP) is 1.25. The first-order valence-corrected chi connectivity index (χ1v) is 4.62. The normalized spacial score (nSPS) is 13.3. The SMILES string of the molecule is OCC(O)c1ccc2[nH]c(=S)[nH]c2c1. The van der Waals surface area contributed by atoms with Gasteiger partial charge in [0, 0.05) is 0 Å². The van der Waals surface area contributed by atoms with Gasteiger partial charge in [-0.2, -0.15) is 0 Å². The molecule has 0 aliphatic rings. The van der Waals surface area contributed by atoms with Crippen molar-refractivity contribution >= 4 is 23.3 Å². The maximum absolute atomic E-state index is 9.40. The van der Waals surface area contributed by atoms with Gasteiger partial charge in [0.1, 0.15) is 6.10 Å². The second kappa shape index (κ2) is 3.53. The number of aromatic nitrogens is 2. The standard InChI is InChI=1S/C9H10N2O2S/c12-4-8(13)5-1-2-6-7(3-5)11-9(14)10-6/h1-3,8,12-13H,4H2,(H2,10,11,14). The number of nitrogens with one attached hydrogen (secondary N) is 2. The van der Waals surface area contributed by atoms with Crippen molar-refractivity contribution < 1.29 is 10.2 Å². The van der Waals surface area contributed by atoms with Crippen LogP contribution in [0.4, 0.5) is 0 Å². The Morgan fingerprint density at radius 3 is 2.71 bits per heavy atom. The van der Waals surface area contributed by atoms with Crippen LogP contribution in [0.3, 0.4) is 0 Å². The van der Waals surface area contributed by atoms with Gasteiger partial charge >= 0.3 is 0 Å². The summed E-state index contributed by atoms with van der Waals surface area (Å²) < 4.78 is 0.552. The molecular weight excluding hydrogens is 200 g/mol. The number of imidazole rings is 1. The molecule has 1 heterocycles. The molecule has 0 bridgehead atoms. The van der Waals surface area contributed by atoms with Crippen LogP contribution in [0.1, 0.15) is 11.7 Å². The molecule has 74 valence electrons. The minimum absolute atomic E-state index is 0.281. The number of fused-ring (bicyclic) bond motifs is 1. The number of benzene rings is 1. The minimum Gasteiger partial charge on any atom is -0.393 e. The van der Waals surface area contributed by atoms with E-state index in [1.807, 2.05) is 6.07 Å².